The largest absolute Gasteiger partial charge is 0.504 e. The third-order valence-electron chi connectivity index (χ3n) is 5.94. The van der Waals surface area contributed by atoms with E-state index < -0.39 is 0 Å². The molecule has 159 valence electrons. The molecule has 0 unspecified atom stereocenters. The van der Waals surface area contributed by atoms with Crippen molar-refractivity contribution in [2.45, 2.75) is 52.5 Å². The van der Waals surface area contributed by atoms with E-state index in [2.05, 4.69) is 78.1 Å². The Bertz CT molecular complexity index is 1110. The zero-order valence-electron chi connectivity index (χ0n) is 18.6. The molecule has 5 nitrogen and oxygen atoms in total. The van der Waals surface area contributed by atoms with Crippen LogP contribution in [0, 0.1) is 6.92 Å². The Kier molecular flexibility index (Phi) is 5.52. The highest BCUT2D eigenvalue weighted by Crippen LogP contribution is 2.29. The zero-order chi connectivity index (χ0) is 22.2. The van der Waals surface area contributed by atoms with Crippen LogP contribution in [-0.2, 0) is 29.6 Å². The van der Waals surface area contributed by atoms with Crippen molar-refractivity contribution in [1.29, 1.82) is 0 Å². The van der Waals surface area contributed by atoms with E-state index in [1.165, 1.54) is 22.4 Å². The summed E-state index contributed by atoms with van der Waals surface area (Å²) in [6.07, 6.45) is 3.18. The molecule has 0 bridgehead atoms. The number of hydrogen-bond acceptors (Lipinski definition) is 5. The molecule has 0 fully saturated rings. The Balaban J connectivity index is 1.50. The molecule has 5 heteroatoms. The molecule has 3 aromatic rings. The third kappa shape index (κ3) is 4.46. The number of rotatable bonds is 4. The maximum atomic E-state index is 11.0. The van der Waals surface area contributed by atoms with Gasteiger partial charge in [0.2, 0.25) is 0 Å². The van der Waals surface area contributed by atoms with Crippen LogP contribution in [0.1, 0.15) is 60.2 Å². The summed E-state index contributed by atoms with van der Waals surface area (Å²) in [6, 6.07) is 15.4. The molecule has 0 aliphatic carbocycles. The minimum atomic E-state index is -0.195. The minimum Gasteiger partial charge on any atom is -0.504 e. The molecule has 2 aromatic carbocycles. The lowest BCUT2D eigenvalue weighted by Gasteiger charge is -2.31. The van der Waals surface area contributed by atoms with Gasteiger partial charge in [0.15, 0.2) is 11.4 Å². The number of fused-ring (bicyclic) bond motifs is 1. The Labute approximate surface area is 183 Å². The van der Waals surface area contributed by atoms with E-state index in [0.29, 0.717) is 17.9 Å². The predicted octanol–water partition coefficient (Wildman–Crippen LogP) is 4.40. The summed E-state index contributed by atoms with van der Waals surface area (Å²) in [5.74, 6) is 0.324. The second kappa shape index (κ2) is 8.14. The van der Waals surface area contributed by atoms with E-state index in [0.717, 1.165) is 25.1 Å². The summed E-state index contributed by atoms with van der Waals surface area (Å²) in [6.45, 7) is 10.2. The molecule has 0 saturated carbocycles. The van der Waals surface area contributed by atoms with Crippen LogP contribution in [0.3, 0.4) is 0 Å². The molecule has 2 heterocycles. The molecular weight excluding hydrogens is 386 g/mol. The van der Waals surface area contributed by atoms with Crippen LogP contribution >= 0.6 is 0 Å². The van der Waals surface area contributed by atoms with Gasteiger partial charge in [0.25, 0.3) is 6.29 Å². The van der Waals surface area contributed by atoms with Crippen LogP contribution in [0.15, 0.2) is 42.5 Å². The van der Waals surface area contributed by atoms with Crippen molar-refractivity contribution in [1.82, 2.24) is 9.97 Å². The number of aromatic hydroxyl groups is 1. The second-order valence-electron chi connectivity index (χ2n) is 9.27. The Morgan fingerprint density at radius 1 is 1.06 bits per heavy atom. The summed E-state index contributed by atoms with van der Waals surface area (Å²) < 4.78 is 0. The van der Waals surface area contributed by atoms with Gasteiger partial charge in [-0.1, -0.05) is 51.1 Å². The Morgan fingerprint density at radius 3 is 2.48 bits per heavy atom. The van der Waals surface area contributed by atoms with E-state index in [1.54, 1.807) is 13.2 Å². The fraction of sp³-hybridized carbons (Fsp3) is 0.346. The minimum absolute atomic E-state index is 0.0754. The lowest BCUT2D eigenvalue weighted by molar-refractivity contribution is 0.459. The zero-order valence-corrected chi connectivity index (χ0v) is 18.6. The molecule has 1 aliphatic heterocycles. The molecule has 31 heavy (non-hydrogen) atoms. The highest BCUT2D eigenvalue weighted by molar-refractivity contribution is 5.76. The standard InChI is InChI=1S/C26H28N3O2/c1-17-25(31)23(16-30)28-24(27-17)14-18-5-6-20-15-29(12-11-19(20)13-18)22-9-7-21(8-10-22)26(2,3)4/h5-10,13,31H,11-12,14-15H2,1-4H3. The van der Waals surface area contributed by atoms with Crippen molar-refractivity contribution in [2.75, 3.05) is 11.4 Å². The first-order valence-corrected chi connectivity index (χ1v) is 10.7. The molecule has 0 amide bonds. The molecule has 1 radical (unpaired) electrons. The Morgan fingerprint density at radius 2 is 1.81 bits per heavy atom. The van der Waals surface area contributed by atoms with Crippen molar-refractivity contribution in [2.24, 2.45) is 0 Å². The average molecular weight is 415 g/mol. The van der Waals surface area contributed by atoms with Crippen LogP contribution in [0.25, 0.3) is 0 Å². The summed E-state index contributed by atoms with van der Waals surface area (Å²) in [5, 5.41) is 9.83. The third-order valence-corrected chi connectivity index (χ3v) is 5.94. The first kappa shape index (κ1) is 21.0. The predicted molar refractivity (Wildman–Crippen MR) is 122 cm³/mol. The van der Waals surface area contributed by atoms with Crippen LogP contribution in [0.2, 0.25) is 0 Å². The number of aryl methyl sites for hydroxylation is 1. The van der Waals surface area contributed by atoms with E-state index in [-0.39, 0.29) is 16.9 Å². The van der Waals surface area contributed by atoms with Gasteiger partial charge in [0.05, 0.1) is 5.69 Å². The fourth-order valence-corrected chi connectivity index (χ4v) is 4.07. The van der Waals surface area contributed by atoms with Gasteiger partial charge in [-0.25, -0.2) is 9.97 Å². The van der Waals surface area contributed by atoms with Crippen LogP contribution < -0.4 is 4.90 Å². The second-order valence-corrected chi connectivity index (χ2v) is 9.27. The van der Waals surface area contributed by atoms with Gasteiger partial charge in [-0.05, 0) is 53.1 Å². The van der Waals surface area contributed by atoms with E-state index in [1.807, 2.05) is 0 Å². The molecule has 1 aromatic heterocycles. The summed E-state index contributed by atoms with van der Waals surface area (Å²) in [4.78, 5) is 21.9. The number of benzene rings is 2. The number of carbonyl (C=O) groups excluding carboxylic acids is 1. The van der Waals surface area contributed by atoms with Crippen molar-refractivity contribution >= 4 is 12.0 Å². The number of nitrogens with zero attached hydrogens (tertiary/aromatic N) is 3. The van der Waals surface area contributed by atoms with E-state index >= 15 is 0 Å². The normalized spacial score (nSPS) is 13.7. The van der Waals surface area contributed by atoms with Crippen molar-refractivity contribution in [3.05, 3.63) is 81.9 Å². The number of anilines is 1. The van der Waals surface area contributed by atoms with Crippen LogP contribution in [0.5, 0.6) is 5.75 Å². The lowest BCUT2D eigenvalue weighted by Crippen LogP contribution is -2.30. The lowest BCUT2D eigenvalue weighted by atomic mass is 9.87. The molecule has 0 spiro atoms. The van der Waals surface area contributed by atoms with Crippen molar-refractivity contribution < 1.29 is 9.90 Å². The van der Waals surface area contributed by atoms with Crippen molar-refractivity contribution in [3.8, 4) is 5.75 Å². The Hall–Kier alpha value is -3.21. The number of hydrogen-bond donors (Lipinski definition) is 1. The molecule has 1 aliphatic rings. The van der Waals surface area contributed by atoms with Gasteiger partial charge in [0.1, 0.15) is 5.82 Å². The quantitative estimate of drug-likeness (QED) is 0.685. The maximum absolute atomic E-state index is 11.0. The summed E-state index contributed by atoms with van der Waals surface area (Å²) in [5.41, 5.74) is 6.87. The van der Waals surface area contributed by atoms with Crippen LogP contribution in [0.4, 0.5) is 5.69 Å². The summed E-state index contributed by atoms with van der Waals surface area (Å²) in [7, 11) is 0. The first-order valence-electron chi connectivity index (χ1n) is 10.7. The van der Waals surface area contributed by atoms with Gasteiger partial charge in [-0.2, -0.15) is 0 Å². The average Bonchev–Trinajstić information content (AvgIpc) is 2.75. The van der Waals surface area contributed by atoms with Gasteiger partial charge in [0, 0.05) is 25.2 Å². The van der Waals surface area contributed by atoms with Crippen molar-refractivity contribution in [3.63, 3.8) is 0 Å². The molecule has 1 N–H and O–H groups in total. The van der Waals surface area contributed by atoms with Gasteiger partial charge >= 0.3 is 0 Å². The summed E-state index contributed by atoms with van der Waals surface area (Å²) >= 11 is 0. The number of aromatic nitrogens is 2. The highest BCUT2D eigenvalue weighted by atomic mass is 16.3. The van der Waals surface area contributed by atoms with Gasteiger partial charge < -0.3 is 10.0 Å². The smallest absolute Gasteiger partial charge is 0.257 e. The molecule has 0 atom stereocenters. The monoisotopic (exact) mass is 414 g/mol. The fourth-order valence-electron chi connectivity index (χ4n) is 4.07. The molecule has 4 rings (SSSR count). The SMILES string of the molecule is Cc1nc(Cc2ccc3c(c2)CCN(c2ccc(C(C)(C)C)cc2)C3)nc([C]=O)c1O. The molecular formula is C26H28N3O2. The first-order chi connectivity index (χ1) is 14.7. The topological polar surface area (TPSA) is 66.3 Å². The maximum Gasteiger partial charge on any atom is 0.257 e. The van der Waals surface area contributed by atoms with E-state index in [4.69, 9.17) is 0 Å². The van der Waals surface area contributed by atoms with Gasteiger partial charge in [-0.15, -0.1) is 0 Å². The van der Waals surface area contributed by atoms with Gasteiger partial charge in [-0.3, -0.25) is 4.79 Å². The van der Waals surface area contributed by atoms with E-state index in [9.17, 15) is 9.90 Å². The van der Waals surface area contributed by atoms with Crippen LogP contribution in [-0.4, -0.2) is 27.9 Å². The highest BCUT2D eigenvalue weighted by Gasteiger charge is 2.19. The molecule has 0 saturated heterocycles.